The third-order valence-corrected chi connectivity index (χ3v) is 6.55. The molecule has 1 saturated heterocycles. The average molecular weight is 416 g/mol. The highest BCUT2D eigenvalue weighted by Gasteiger charge is 2.17. The maximum absolute atomic E-state index is 12.6. The maximum atomic E-state index is 12.6. The second kappa shape index (κ2) is 8.97. The Morgan fingerprint density at radius 2 is 1.79 bits per heavy atom. The molecule has 156 valence electrons. The molecule has 2 aromatic rings. The van der Waals surface area contributed by atoms with Gasteiger partial charge in [-0.25, -0.2) is 8.42 Å². The van der Waals surface area contributed by atoms with E-state index in [1.165, 1.54) is 29.8 Å². The second-order valence-corrected chi connectivity index (χ2v) is 9.73. The minimum atomic E-state index is -3.39. The molecule has 1 fully saturated rings. The molecule has 6 nitrogen and oxygen atoms in total. The van der Waals surface area contributed by atoms with Crippen LogP contribution in [-0.4, -0.2) is 45.6 Å². The molecule has 0 bridgehead atoms. The molecule has 1 aliphatic heterocycles. The van der Waals surface area contributed by atoms with E-state index in [0.29, 0.717) is 17.8 Å². The summed E-state index contributed by atoms with van der Waals surface area (Å²) in [6.07, 6.45) is 3.68. The molecule has 1 heterocycles. The van der Waals surface area contributed by atoms with E-state index in [-0.39, 0.29) is 5.91 Å². The van der Waals surface area contributed by atoms with E-state index in [9.17, 15) is 13.2 Å². The monoisotopic (exact) mass is 415 g/mol. The summed E-state index contributed by atoms with van der Waals surface area (Å²) in [5.41, 5.74) is 4.05. The van der Waals surface area contributed by atoms with Crippen molar-refractivity contribution in [2.45, 2.75) is 32.9 Å². The Morgan fingerprint density at radius 3 is 2.48 bits per heavy atom. The van der Waals surface area contributed by atoms with Gasteiger partial charge < -0.3 is 5.32 Å². The van der Waals surface area contributed by atoms with Gasteiger partial charge in [0, 0.05) is 25.7 Å². The van der Waals surface area contributed by atoms with E-state index in [0.717, 1.165) is 37.0 Å². The van der Waals surface area contributed by atoms with Crippen molar-refractivity contribution in [2.75, 3.05) is 30.7 Å². The number of hydrogen-bond donors (Lipinski definition) is 1. The molecule has 1 N–H and O–H groups in total. The van der Waals surface area contributed by atoms with Gasteiger partial charge in [0.2, 0.25) is 10.0 Å². The van der Waals surface area contributed by atoms with E-state index in [2.05, 4.69) is 22.3 Å². The van der Waals surface area contributed by atoms with Gasteiger partial charge in [0.25, 0.3) is 5.91 Å². The molecule has 29 heavy (non-hydrogen) atoms. The zero-order valence-electron chi connectivity index (χ0n) is 17.3. The summed E-state index contributed by atoms with van der Waals surface area (Å²) in [6.45, 7) is 5.50. The van der Waals surface area contributed by atoms with Crippen LogP contribution < -0.4 is 9.62 Å². The smallest absolute Gasteiger partial charge is 0.251 e. The molecule has 0 radical (unpaired) electrons. The van der Waals surface area contributed by atoms with Crippen LogP contribution in [0.5, 0.6) is 0 Å². The molecule has 0 aliphatic carbocycles. The number of aryl methyl sites for hydroxylation is 1. The lowest BCUT2D eigenvalue weighted by molar-refractivity contribution is 0.0951. The number of carbonyl (C=O) groups excluding carboxylic acids is 1. The second-order valence-electron chi connectivity index (χ2n) is 7.72. The molecular weight excluding hydrogens is 386 g/mol. The Morgan fingerprint density at radius 1 is 1.10 bits per heavy atom. The molecule has 1 aliphatic rings. The minimum absolute atomic E-state index is 0.224. The molecule has 3 rings (SSSR count). The van der Waals surface area contributed by atoms with Gasteiger partial charge >= 0.3 is 0 Å². The highest BCUT2D eigenvalue weighted by Crippen LogP contribution is 2.23. The molecule has 0 aromatic heterocycles. The third-order valence-electron chi connectivity index (χ3n) is 5.36. The number of amides is 1. The first-order chi connectivity index (χ1) is 13.7. The van der Waals surface area contributed by atoms with E-state index in [1.54, 1.807) is 18.2 Å². The summed E-state index contributed by atoms with van der Waals surface area (Å²) in [5, 5.41) is 2.94. The average Bonchev–Trinajstić information content (AvgIpc) is 3.18. The van der Waals surface area contributed by atoms with Crippen LogP contribution in [0.2, 0.25) is 0 Å². The first kappa shape index (κ1) is 21.3. The Kier molecular flexibility index (Phi) is 6.59. The number of hydrogen-bond acceptors (Lipinski definition) is 4. The first-order valence-electron chi connectivity index (χ1n) is 9.87. The number of anilines is 1. The van der Waals surface area contributed by atoms with Crippen LogP contribution in [0.1, 0.15) is 39.9 Å². The summed E-state index contributed by atoms with van der Waals surface area (Å²) in [7, 11) is -1.90. The fourth-order valence-corrected chi connectivity index (χ4v) is 4.14. The highest BCUT2D eigenvalue weighted by atomic mass is 32.2. The first-order valence-corrected chi connectivity index (χ1v) is 11.7. The van der Waals surface area contributed by atoms with Crippen LogP contribution >= 0.6 is 0 Å². The highest BCUT2D eigenvalue weighted by molar-refractivity contribution is 7.92. The minimum Gasteiger partial charge on any atom is -0.348 e. The summed E-state index contributed by atoms with van der Waals surface area (Å²) < 4.78 is 24.9. The van der Waals surface area contributed by atoms with Crippen LogP contribution in [0.3, 0.4) is 0 Å². The lowest BCUT2D eigenvalue weighted by atomic mass is 10.1. The van der Waals surface area contributed by atoms with Gasteiger partial charge in [-0.3, -0.25) is 14.0 Å². The van der Waals surface area contributed by atoms with Gasteiger partial charge in [-0.2, -0.15) is 0 Å². The topological polar surface area (TPSA) is 69.7 Å². The SMILES string of the molecule is Cc1ccc(C(=O)NCc2cccc(CN3CCCC3)c2)cc1N(C)S(C)(=O)=O. The van der Waals surface area contributed by atoms with Crippen LogP contribution in [0.4, 0.5) is 5.69 Å². The summed E-state index contributed by atoms with van der Waals surface area (Å²) >= 11 is 0. The predicted octanol–water partition coefficient (Wildman–Crippen LogP) is 2.92. The van der Waals surface area contributed by atoms with Crippen LogP contribution in [0.25, 0.3) is 0 Å². The number of rotatable bonds is 7. The maximum Gasteiger partial charge on any atom is 0.251 e. The third kappa shape index (κ3) is 5.58. The van der Waals surface area contributed by atoms with Crippen LogP contribution in [0.15, 0.2) is 42.5 Å². The molecule has 7 heteroatoms. The molecule has 0 unspecified atom stereocenters. The molecular formula is C22H29N3O3S. The van der Waals surface area contributed by atoms with Gasteiger partial charge in [0.05, 0.1) is 11.9 Å². The van der Waals surface area contributed by atoms with Crippen molar-refractivity contribution in [2.24, 2.45) is 0 Å². The quantitative estimate of drug-likeness (QED) is 0.755. The van der Waals surface area contributed by atoms with E-state index in [4.69, 9.17) is 0 Å². The van der Waals surface area contributed by atoms with Crippen molar-refractivity contribution in [1.82, 2.24) is 10.2 Å². The molecule has 2 aromatic carbocycles. The molecule has 1 amide bonds. The number of nitrogens with zero attached hydrogens (tertiary/aromatic N) is 2. The van der Waals surface area contributed by atoms with Gasteiger partial charge in [-0.15, -0.1) is 0 Å². The van der Waals surface area contributed by atoms with Crippen molar-refractivity contribution in [1.29, 1.82) is 0 Å². The Balaban J connectivity index is 1.66. The normalized spacial score (nSPS) is 14.7. The van der Waals surface area contributed by atoms with Crippen molar-refractivity contribution < 1.29 is 13.2 Å². The van der Waals surface area contributed by atoms with Gasteiger partial charge in [-0.1, -0.05) is 30.3 Å². The number of sulfonamides is 1. The largest absolute Gasteiger partial charge is 0.348 e. The zero-order valence-corrected chi connectivity index (χ0v) is 18.1. The van der Waals surface area contributed by atoms with Crippen molar-refractivity contribution >= 4 is 21.6 Å². The lowest BCUT2D eigenvalue weighted by Gasteiger charge is -2.20. The summed E-state index contributed by atoms with van der Waals surface area (Å²) in [6, 6.07) is 13.4. The van der Waals surface area contributed by atoms with Crippen molar-refractivity contribution in [3.8, 4) is 0 Å². The van der Waals surface area contributed by atoms with Crippen LogP contribution in [0, 0.1) is 6.92 Å². The Labute approximate surface area is 173 Å². The fraction of sp³-hybridized carbons (Fsp3) is 0.409. The standard InChI is InChI=1S/C22H29N3O3S/c1-17-9-10-20(14-21(17)24(2)29(3,27)28)22(26)23-15-18-7-6-8-19(13-18)16-25-11-4-5-12-25/h6-10,13-14H,4-5,11-12,15-16H2,1-3H3,(H,23,26). The van der Waals surface area contributed by atoms with Crippen molar-refractivity contribution in [3.05, 3.63) is 64.7 Å². The summed E-state index contributed by atoms with van der Waals surface area (Å²) in [5.74, 6) is -0.224. The fourth-order valence-electron chi connectivity index (χ4n) is 3.59. The van der Waals surface area contributed by atoms with Gasteiger partial charge in [0.1, 0.15) is 0 Å². The zero-order chi connectivity index (χ0) is 21.0. The number of nitrogens with one attached hydrogen (secondary N) is 1. The Bertz CT molecular complexity index is 983. The molecule has 0 saturated carbocycles. The lowest BCUT2D eigenvalue weighted by Crippen LogP contribution is -2.27. The van der Waals surface area contributed by atoms with Crippen molar-refractivity contribution in [3.63, 3.8) is 0 Å². The number of carbonyl (C=O) groups is 1. The number of benzene rings is 2. The molecule has 0 spiro atoms. The van der Waals surface area contributed by atoms with E-state index >= 15 is 0 Å². The summed E-state index contributed by atoms with van der Waals surface area (Å²) in [4.78, 5) is 15.1. The van der Waals surface area contributed by atoms with E-state index < -0.39 is 10.0 Å². The van der Waals surface area contributed by atoms with Crippen LogP contribution in [-0.2, 0) is 23.1 Å². The van der Waals surface area contributed by atoms with Gasteiger partial charge in [-0.05, 0) is 61.7 Å². The Hall–Kier alpha value is -2.38. The predicted molar refractivity (Wildman–Crippen MR) is 117 cm³/mol. The molecule has 0 atom stereocenters. The number of likely N-dealkylation sites (tertiary alicyclic amines) is 1. The van der Waals surface area contributed by atoms with Gasteiger partial charge in [0.15, 0.2) is 0 Å². The van der Waals surface area contributed by atoms with E-state index in [1.807, 2.05) is 19.1 Å².